The molecule has 0 amide bonds. The third kappa shape index (κ3) is 4.18. The molecular formula is C14H24BrN3. The topological polar surface area (TPSA) is 32.5 Å². The van der Waals surface area contributed by atoms with Crippen LogP contribution >= 0.6 is 15.9 Å². The van der Waals surface area contributed by atoms with Gasteiger partial charge in [-0.3, -0.25) is 0 Å². The predicted octanol–water partition coefficient (Wildman–Crippen LogP) is 3.12. The average Bonchev–Trinajstić information content (AvgIpc) is 2.29. The van der Waals surface area contributed by atoms with Gasteiger partial charge in [0.05, 0.1) is 5.69 Å². The van der Waals surface area contributed by atoms with Crippen molar-refractivity contribution in [1.29, 1.82) is 0 Å². The summed E-state index contributed by atoms with van der Waals surface area (Å²) >= 11 is 3.62. The highest BCUT2D eigenvalue weighted by Gasteiger charge is 2.11. The lowest BCUT2D eigenvalue weighted by atomic mass is 10.1. The van der Waals surface area contributed by atoms with Crippen molar-refractivity contribution < 1.29 is 0 Å². The van der Waals surface area contributed by atoms with Gasteiger partial charge < -0.3 is 15.5 Å². The van der Waals surface area contributed by atoms with Gasteiger partial charge in [0, 0.05) is 29.8 Å². The summed E-state index contributed by atoms with van der Waals surface area (Å²) in [7, 11) is 4.21. The highest BCUT2D eigenvalue weighted by Crippen LogP contribution is 2.30. The minimum absolute atomic E-state index is 0.842. The fourth-order valence-electron chi connectivity index (χ4n) is 1.87. The molecule has 0 aliphatic carbocycles. The molecule has 0 fully saturated rings. The number of benzene rings is 1. The minimum atomic E-state index is 0.842. The van der Waals surface area contributed by atoms with E-state index in [2.05, 4.69) is 59.7 Å². The maximum absolute atomic E-state index is 5.93. The molecule has 0 saturated carbocycles. The Morgan fingerprint density at radius 3 is 2.39 bits per heavy atom. The zero-order valence-electron chi connectivity index (χ0n) is 11.8. The summed E-state index contributed by atoms with van der Waals surface area (Å²) in [5, 5.41) is 0. The SMILES string of the molecule is CCCN(CCN(C)C)c1cc(C)c(N)cc1Br. The second-order valence-corrected chi connectivity index (χ2v) is 5.80. The van der Waals surface area contributed by atoms with Crippen LogP contribution in [0.5, 0.6) is 0 Å². The Morgan fingerprint density at radius 2 is 1.83 bits per heavy atom. The molecule has 1 rings (SSSR count). The molecule has 102 valence electrons. The van der Waals surface area contributed by atoms with E-state index in [4.69, 9.17) is 5.73 Å². The minimum Gasteiger partial charge on any atom is -0.398 e. The Morgan fingerprint density at radius 1 is 1.17 bits per heavy atom. The maximum atomic E-state index is 5.93. The average molecular weight is 314 g/mol. The van der Waals surface area contributed by atoms with Crippen LogP contribution in [-0.4, -0.2) is 38.6 Å². The molecule has 4 heteroatoms. The molecule has 0 aromatic heterocycles. The van der Waals surface area contributed by atoms with Crippen LogP contribution in [0, 0.1) is 6.92 Å². The van der Waals surface area contributed by atoms with E-state index in [1.54, 1.807) is 0 Å². The van der Waals surface area contributed by atoms with Crippen LogP contribution in [0.15, 0.2) is 16.6 Å². The number of rotatable bonds is 6. The molecule has 0 saturated heterocycles. The maximum Gasteiger partial charge on any atom is 0.0515 e. The van der Waals surface area contributed by atoms with E-state index in [-0.39, 0.29) is 0 Å². The van der Waals surface area contributed by atoms with E-state index in [0.717, 1.165) is 41.8 Å². The molecule has 0 heterocycles. The molecule has 0 aliphatic heterocycles. The molecule has 0 unspecified atom stereocenters. The standard InChI is InChI=1S/C14H24BrN3/c1-5-6-18(8-7-17(3)4)14-9-11(2)13(16)10-12(14)15/h9-10H,5-8,16H2,1-4H3. The molecule has 18 heavy (non-hydrogen) atoms. The van der Waals surface area contributed by atoms with Crippen molar-refractivity contribution in [3.05, 3.63) is 22.2 Å². The van der Waals surface area contributed by atoms with Gasteiger partial charge in [-0.2, -0.15) is 0 Å². The summed E-state index contributed by atoms with van der Waals surface area (Å²) in [5.74, 6) is 0. The van der Waals surface area contributed by atoms with Crippen molar-refractivity contribution in [1.82, 2.24) is 4.90 Å². The Balaban J connectivity index is 2.94. The van der Waals surface area contributed by atoms with E-state index < -0.39 is 0 Å². The first kappa shape index (κ1) is 15.3. The summed E-state index contributed by atoms with van der Waals surface area (Å²) < 4.78 is 1.08. The normalized spacial score (nSPS) is 11.0. The van der Waals surface area contributed by atoms with Crippen LogP contribution in [-0.2, 0) is 0 Å². The van der Waals surface area contributed by atoms with Crippen molar-refractivity contribution >= 4 is 27.3 Å². The second-order valence-electron chi connectivity index (χ2n) is 4.95. The Hall–Kier alpha value is -0.740. The van der Waals surface area contributed by atoms with E-state index in [1.165, 1.54) is 5.69 Å². The number of aryl methyl sites for hydroxylation is 1. The molecule has 0 bridgehead atoms. The van der Waals surface area contributed by atoms with Crippen LogP contribution in [0.4, 0.5) is 11.4 Å². The highest BCUT2D eigenvalue weighted by atomic mass is 79.9. The number of nitrogen functional groups attached to an aromatic ring is 1. The van der Waals surface area contributed by atoms with Crippen LogP contribution in [0.3, 0.4) is 0 Å². The van der Waals surface area contributed by atoms with Crippen LogP contribution in [0.25, 0.3) is 0 Å². The zero-order valence-corrected chi connectivity index (χ0v) is 13.4. The van der Waals surface area contributed by atoms with Gasteiger partial charge in [0.25, 0.3) is 0 Å². The van der Waals surface area contributed by atoms with Gasteiger partial charge in [0.15, 0.2) is 0 Å². The summed E-state index contributed by atoms with van der Waals surface area (Å²) in [6, 6.07) is 4.17. The lowest BCUT2D eigenvalue weighted by Gasteiger charge is -2.27. The third-order valence-electron chi connectivity index (χ3n) is 2.99. The monoisotopic (exact) mass is 313 g/mol. The Labute approximate surface area is 119 Å². The number of likely N-dealkylation sites (N-methyl/N-ethyl adjacent to an activating group) is 1. The first-order chi connectivity index (χ1) is 8.45. The van der Waals surface area contributed by atoms with Gasteiger partial charge in [-0.25, -0.2) is 0 Å². The predicted molar refractivity (Wildman–Crippen MR) is 84.3 cm³/mol. The fourth-order valence-corrected chi connectivity index (χ4v) is 2.48. The van der Waals surface area contributed by atoms with Gasteiger partial charge in [-0.15, -0.1) is 0 Å². The van der Waals surface area contributed by atoms with Crippen molar-refractivity contribution in [3.8, 4) is 0 Å². The number of hydrogen-bond donors (Lipinski definition) is 1. The largest absolute Gasteiger partial charge is 0.398 e. The fraction of sp³-hybridized carbons (Fsp3) is 0.571. The van der Waals surface area contributed by atoms with Crippen molar-refractivity contribution in [2.45, 2.75) is 20.3 Å². The summed E-state index contributed by atoms with van der Waals surface area (Å²) in [6.07, 6.45) is 1.14. The summed E-state index contributed by atoms with van der Waals surface area (Å²) in [6.45, 7) is 7.41. The number of halogens is 1. The van der Waals surface area contributed by atoms with E-state index in [9.17, 15) is 0 Å². The molecule has 1 aromatic carbocycles. The van der Waals surface area contributed by atoms with Gasteiger partial charge in [0.2, 0.25) is 0 Å². The molecule has 2 N–H and O–H groups in total. The quantitative estimate of drug-likeness (QED) is 0.819. The molecule has 1 aromatic rings. The molecule has 0 atom stereocenters. The number of nitrogens with two attached hydrogens (primary N) is 1. The second kappa shape index (κ2) is 7.00. The molecular weight excluding hydrogens is 290 g/mol. The van der Waals surface area contributed by atoms with E-state index in [1.807, 2.05) is 6.07 Å². The van der Waals surface area contributed by atoms with Crippen molar-refractivity contribution in [2.24, 2.45) is 0 Å². The lowest BCUT2D eigenvalue weighted by molar-refractivity contribution is 0.413. The number of anilines is 2. The van der Waals surface area contributed by atoms with Gasteiger partial charge in [-0.05, 0) is 61.1 Å². The number of hydrogen-bond acceptors (Lipinski definition) is 3. The third-order valence-corrected chi connectivity index (χ3v) is 3.62. The van der Waals surface area contributed by atoms with Gasteiger partial charge >= 0.3 is 0 Å². The lowest BCUT2D eigenvalue weighted by Crippen LogP contribution is -2.32. The highest BCUT2D eigenvalue weighted by molar-refractivity contribution is 9.10. The summed E-state index contributed by atoms with van der Waals surface area (Å²) in [5.41, 5.74) is 9.15. The van der Waals surface area contributed by atoms with Crippen LogP contribution < -0.4 is 10.6 Å². The molecule has 0 aliphatic rings. The molecule has 0 spiro atoms. The number of nitrogens with zero attached hydrogens (tertiary/aromatic N) is 2. The summed E-state index contributed by atoms with van der Waals surface area (Å²) in [4.78, 5) is 4.62. The first-order valence-corrected chi connectivity index (χ1v) is 7.20. The van der Waals surface area contributed by atoms with E-state index in [0.29, 0.717) is 0 Å². The Bertz CT molecular complexity index is 391. The van der Waals surface area contributed by atoms with Gasteiger partial charge in [-0.1, -0.05) is 6.92 Å². The van der Waals surface area contributed by atoms with Crippen LogP contribution in [0.1, 0.15) is 18.9 Å². The van der Waals surface area contributed by atoms with Crippen molar-refractivity contribution in [2.75, 3.05) is 44.4 Å². The Kier molecular flexibility index (Phi) is 5.96. The molecule has 3 nitrogen and oxygen atoms in total. The van der Waals surface area contributed by atoms with Crippen LogP contribution in [0.2, 0.25) is 0 Å². The van der Waals surface area contributed by atoms with Gasteiger partial charge in [0.1, 0.15) is 0 Å². The molecule has 0 radical (unpaired) electrons. The van der Waals surface area contributed by atoms with E-state index >= 15 is 0 Å². The zero-order chi connectivity index (χ0) is 13.7. The first-order valence-electron chi connectivity index (χ1n) is 6.41. The van der Waals surface area contributed by atoms with Crippen molar-refractivity contribution in [3.63, 3.8) is 0 Å². The smallest absolute Gasteiger partial charge is 0.0515 e.